The highest BCUT2D eigenvalue weighted by Gasteiger charge is 2.03. The lowest BCUT2D eigenvalue weighted by Crippen LogP contribution is -1.90. The van der Waals surface area contributed by atoms with Crippen molar-refractivity contribution in [2.45, 2.75) is 5.88 Å². The summed E-state index contributed by atoms with van der Waals surface area (Å²) in [7, 11) is 0. The molecular formula is C11H9ClN2O. The van der Waals surface area contributed by atoms with E-state index < -0.39 is 0 Å². The van der Waals surface area contributed by atoms with Gasteiger partial charge >= 0.3 is 0 Å². The van der Waals surface area contributed by atoms with Crippen LogP contribution in [0.4, 0.5) is 0 Å². The van der Waals surface area contributed by atoms with E-state index in [9.17, 15) is 0 Å². The van der Waals surface area contributed by atoms with Gasteiger partial charge in [-0.25, -0.2) is 0 Å². The Morgan fingerprint density at radius 3 is 2.73 bits per heavy atom. The summed E-state index contributed by atoms with van der Waals surface area (Å²) in [4.78, 5) is 7.94. The predicted octanol–water partition coefficient (Wildman–Crippen LogP) is 3.01. The molecule has 0 fully saturated rings. The molecule has 2 heterocycles. The Labute approximate surface area is 92.7 Å². The van der Waals surface area contributed by atoms with Gasteiger partial charge in [-0.15, -0.1) is 11.6 Å². The van der Waals surface area contributed by atoms with E-state index in [1.807, 2.05) is 18.2 Å². The lowest BCUT2D eigenvalue weighted by Gasteiger charge is -2.07. The van der Waals surface area contributed by atoms with Gasteiger partial charge in [0, 0.05) is 18.0 Å². The van der Waals surface area contributed by atoms with Crippen LogP contribution < -0.4 is 4.74 Å². The average Bonchev–Trinajstić information content (AvgIpc) is 2.31. The van der Waals surface area contributed by atoms with Gasteiger partial charge in [-0.2, -0.15) is 0 Å². The first kappa shape index (κ1) is 9.93. The van der Waals surface area contributed by atoms with E-state index in [1.165, 1.54) is 0 Å². The zero-order chi connectivity index (χ0) is 10.5. The molecule has 0 aromatic carbocycles. The first-order valence-corrected chi connectivity index (χ1v) is 5.00. The van der Waals surface area contributed by atoms with Gasteiger partial charge < -0.3 is 4.74 Å². The molecule has 0 saturated carbocycles. The molecular weight excluding hydrogens is 212 g/mol. The summed E-state index contributed by atoms with van der Waals surface area (Å²) in [5.41, 5.74) is 0.913. The average molecular weight is 221 g/mol. The molecule has 0 unspecified atom stereocenters. The SMILES string of the molecule is ClCc1ccncc1Oc1cccnc1. The molecule has 0 amide bonds. The molecule has 0 bridgehead atoms. The quantitative estimate of drug-likeness (QED) is 0.746. The molecule has 0 N–H and O–H groups in total. The lowest BCUT2D eigenvalue weighted by atomic mass is 10.3. The molecule has 0 radical (unpaired) electrons. The number of alkyl halides is 1. The van der Waals surface area contributed by atoms with Crippen LogP contribution in [0.1, 0.15) is 5.56 Å². The fourth-order valence-corrected chi connectivity index (χ4v) is 1.37. The normalized spacial score (nSPS) is 9.93. The van der Waals surface area contributed by atoms with Crippen molar-refractivity contribution in [1.29, 1.82) is 0 Å². The second-order valence-electron chi connectivity index (χ2n) is 2.91. The Kier molecular flexibility index (Phi) is 3.15. The van der Waals surface area contributed by atoms with Gasteiger partial charge in [0.15, 0.2) is 0 Å². The number of nitrogens with zero attached hydrogens (tertiary/aromatic N) is 2. The van der Waals surface area contributed by atoms with Gasteiger partial charge in [0.1, 0.15) is 11.5 Å². The van der Waals surface area contributed by atoms with Gasteiger partial charge in [-0.05, 0) is 18.2 Å². The van der Waals surface area contributed by atoms with Crippen molar-refractivity contribution in [2.24, 2.45) is 0 Å². The lowest BCUT2D eigenvalue weighted by molar-refractivity contribution is 0.473. The summed E-state index contributed by atoms with van der Waals surface area (Å²) >= 11 is 5.77. The van der Waals surface area contributed by atoms with Gasteiger partial charge in [0.25, 0.3) is 0 Å². The molecule has 0 aliphatic heterocycles. The van der Waals surface area contributed by atoms with E-state index in [0.29, 0.717) is 17.4 Å². The standard InChI is InChI=1S/C11H9ClN2O/c12-6-9-3-5-14-8-11(9)15-10-2-1-4-13-7-10/h1-5,7-8H,6H2. The van der Waals surface area contributed by atoms with E-state index in [1.54, 1.807) is 24.8 Å². The number of halogens is 1. The van der Waals surface area contributed by atoms with Crippen molar-refractivity contribution in [3.63, 3.8) is 0 Å². The van der Waals surface area contributed by atoms with Crippen molar-refractivity contribution in [3.05, 3.63) is 48.5 Å². The maximum atomic E-state index is 5.77. The molecule has 0 atom stereocenters. The Balaban J connectivity index is 2.24. The molecule has 0 saturated heterocycles. The highest BCUT2D eigenvalue weighted by Crippen LogP contribution is 2.24. The topological polar surface area (TPSA) is 35.0 Å². The first-order valence-electron chi connectivity index (χ1n) is 4.47. The van der Waals surface area contributed by atoms with Crippen LogP contribution in [0.5, 0.6) is 11.5 Å². The maximum Gasteiger partial charge on any atom is 0.150 e. The highest BCUT2D eigenvalue weighted by molar-refractivity contribution is 6.17. The minimum absolute atomic E-state index is 0.401. The van der Waals surface area contributed by atoms with Crippen LogP contribution >= 0.6 is 11.6 Å². The van der Waals surface area contributed by atoms with Gasteiger partial charge in [-0.3, -0.25) is 9.97 Å². The van der Waals surface area contributed by atoms with Crippen molar-refractivity contribution in [2.75, 3.05) is 0 Å². The van der Waals surface area contributed by atoms with Crippen LogP contribution in [-0.2, 0) is 5.88 Å². The Bertz CT molecular complexity index is 434. The fourth-order valence-electron chi connectivity index (χ4n) is 1.15. The van der Waals surface area contributed by atoms with Crippen molar-refractivity contribution in [1.82, 2.24) is 9.97 Å². The van der Waals surface area contributed by atoms with Crippen LogP contribution in [0.2, 0.25) is 0 Å². The third kappa shape index (κ3) is 2.44. The van der Waals surface area contributed by atoms with Crippen LogP contribution in [0.3, 0.4) is 0 Å². The number of aromatic nitrogens is 2. The molecule has 0 aliphatic rings. The largest absolute Gasteiger partial charge is 0.454 e. The highest BCUT2D eigenvalue weighted by atomic mass is 35.5. The van der Waals surface area contributed by atoms with Crippen LogP contribution in [-0.4, -0.2) is 9.97 Å². The number of rotatable bonds is 3. The van der Waals surface area contributed by atoms with Crippen molar-refractivity contribution in [3.8, 4) is 11.5 Å². The van der Waals surface area contributed by atoms with Gasteiger partial charge in [0.05, 0.1) is 18.3 Å². The van der Waals surface area contributed by atoms with Gasteiger partial charge in [-0.1, -0.05) is 0 Å². The van der Waals surface area contributed by atoms with Crippen LogP contribution in [0.15, 0.2) is 43.0 Å². The van der Waals surface area contributed by atoms with Crippen molar-refractivity contribution >= 4 is 11.6 Å². The molecule has 3 nitrogen and oxygen atoms in total. The predicted molar refractivity (Wildman–Crippen MR) is 58.1 cm³/mol. The summed E-state index contributed by atoms with van der Waals surface area (Å²) in [5, 5.41) is 0. The smallest absolute Gasteiger partial charge is 0.150 e. The molecule has 15 heavy (non-hydrogen) atoms. The molecule has 2 aromatic rings. The number of pyridine rings is 2. The van der Waals surface area contributed by atoms with E-state index in [0.717, 1.165) is 5.56 Å². The molecule has 4 heteroatoms. The van der Waals surface area contributed by atoms with E-state index in [4.69, 9.17) is 16.3 Å². The first-order chi connectivity index (χ1) is 7.40. The molecule has 76 valence electrons. The Morgan fingerprint density at radius 1 is 1.13 bits per heavy atom. The Hall–Kier alpha value is -1.61. The monoisotopic (exact) mass is 220 g/mol. The second kappa shape index (κ2) is 4.75. The number of hydrogen-bond acceptors (Lipinski definition) is 3. The fraction of sp³-hybridized carbons (Fsp3) is 0.0909. The Morgan fingerprint density at radius 2 is 2.00 bits per heavy atom. The maximum absolute atomic E-state index is 5.77. The van der Waals surface area contributed by atoms with Crippen LogP contribution in [0, 0.1) is 0 Å². The minimum Gasteiger partial charge on any atom is -0.454 e. The summed E-state index contributed by atoms with van der Waals surface area (Å²) < 4.78 is 5.59. The zero-order valence-electron chi connectivity index (χ0n) is 7.93. The van der Waals surface area contributed by atoms with Crippen molar-refractivity contribution < 1.29 is 4.74 Å². The summed E-state index contributed by atoms with van der Waals surface area (Å²) in [5.74, 6) is 1.75. The zero-order valence-corrected chi connectivity index (χ0v) is 8.69. The molecule has 2 aromatic heterocycles. The third-order valence-corrected chi connectivity index (χ3v) is 2.16. The summed E-state index contributed by atoms with van der Waals surface area (Å²) in [6.07, 6.45) is 6.67. The van der Waals surface area contributed by atoms with E-state index >= 15 is 0 Å². The van der Waals surface area contributed by atoms with Gasteiger partial charge in [0.2, 0.25) is 0 Å². The summed E-state index contributed by atoms with van der Waals surface area (Å²) in [6, 6.07) is 5.47. The van der Waals surface area contributed by atoms with E-state index in [2.05, 4.69) is 9.97 Å². The molecule has 0 aliphatic carbocycles. The number of hydrogen-bond donors (Lipinski definition) is 0. The molecule has 2 rings (SSSR count). The molecule has 0 spiro atoms. The third-order valence-electron chi connectivity index (χ3n) is 1.88. The number of ether oxygens (including phenoxy) is 1. The minimum atomic E-state index is 0.401. The second-order valence-corrected chi connectivity index (χ2v) is 3.18. The van der Waals surface area contributed by atoms with Crippen LogP contribution in [0.25, 0.3) is 0 Å². The van der Waals surface area contributed by atoms with E-state index in [-0.39, 0.29) is 0 Å². The summed E-state index contributed by atoms with van der Waals surface area (Å²) in [6.45, 7) is 0.